The molecule has 0 unspecified atom stereocenters. The zero-order valence-electron chi connectivity index (χ0n) is 10.4. The van der Waals surface area contributed by atoms with Crippen LogP contribution in [0.5, 0.6) is 0 Å². The lowest BCUT2D eigenvalue weighted by Gasteiger charge is -2.21. The minimum absolute atomic E-state index is 0.0412. The summed E-state index contributed by atoms with van der Waals surface area (Å²) < 4.78 is 0.907. The molecule has 3 nitrogen and oxygen atoms in total. The van der Waals surface area contributed by atoms with Gasteiger partial charge in [0.2, 0.25) is 0 Å². The Morgan fingerprint density at radius 3 is 2.82 bits per heavy atom. The molecular formula is C13H19BrN2O. The third-order valence-electron chi connectivity index (χ3n) is 2.22. The topological polar surface area (TPSA) is 35.8 Å². The van der Waals surface area contributed by atoms with Gasteiger partial charge in [0.25, 0.3) is 0 Å². The van der Waals surface area contributed by atoms with E-state index < -0.39 is 0 Å². The van der Waals surface area contributed by atoms with Gasteiger partial charge in [-0.15, -0.1) is 0 Å². The number of hydrogen-bond donors (Lipinski definition) is 1. The molecule has 94 valence electrons. The van der Waals surface area contributed by atoms with Crippen molar-refractivity contribution in [2.75, 3.05) is 19.7 Å². The highest BCUT2D eigenvalue weighted by molar-refractivity contribution is 9.11. The van der Waals surface area contributed by atoms with Crippen LogP contribution in [0.25, 0.3) is 0 Å². The monoisotopic (exact) mass is 298 g/mol. The van der Waals surface area contributed by atoms with E-state index in [0.29, 0.717) is 12.5 Å². The zero-order chi connectivity index (χ0) is 12.8. The molecule has 0 saturated heterocycles. The lowest BCUT2D eigenvalue weighted by atomic mass is 10.2. The Balaban J connectivity index is 2.92. The molecule has 1 aliphatic heterocycles. The van der Waals surface area contributed by atoms with E-state index in [2.05, 4.69) is 41.5 Å². The standard InChI is InChI=1S/C13H19BrN2O/c1-10(2)7-16-8-12(9-17)5-13(14)4-11(3)6-15-16/h4-6,10,17H,3,7-9H2,1-2H3/b12-5+,13-4?,15-6-. The fourth-order valence-electron chi connectivity index (χ4n) is 1.56. The fraction of sp³-hybridized carbons (Fsp3) is 0.462. The molecule has 17 heavy (non-hydrogen) atoms. The van der Waals surface area contributed by atoms with Crippen LogP contribution in [0.1, 0.15) is 13.8 Å². The van der Waals surface area contributed by atoms with Gasteiger partial charge in [-0.3, -0.25) is 5.01 Å². The average molecular weight is 299 g/mol. The first-order valence-electron chi connectivity index (χ1n) is 5.66. The Morgan fingerprint density at radius 1 is 1.53 bits per heavy atom. The predicted octanol–water partition coefficient (Wildman–Crippen LogP) is 2.70. The molecule has 0 aromatic carbocycles. The van der Waals surface area contributed by atoms with E-state index in [-0.39, 0.29) is 6.61 Å². The number of allylic oxidation sites excluding steroid dienone is 4. The first kappa shape index (κ1) is 14.2. The minimum atomic E-state index is 0.0412. The molecule has 1 N–H and O–H groups in total. The molecule has 4 heteroatoms. The predicted molar refractivity (Wildman–Crippen MR) is 76.2 cm³/mol. The first-order valence-corrected chi connectivity index (χ1v) is 6.46. The van der Waals surface area contributed by atoms with Gasteiger partial charge in [-0.2, -0.15) is 5.10 Å². The highest BCUT2D eigenvalue weighted by Crippen LogP contribution is 2.15. The number of halogens is 1. The molecule has 0 atom stereocenters. The van der Waals surface area contributed by atoms with Crippen molar-refractivity contribution < 1.29 is 5.11 Å². The molecule has 0 aromatic rings. The van der Waals surface area contributed by atoms with Gasteiger partial charge < -0.3 is 5.11 Å². The van der Waals surface area contributed by atoms with Crippen LogP contribution in [0.15, 0.2) is 39.5 Å². The molecule has 1 heterocycles. The van der Waals surface area contributed by atoms with Crippen molar-refractivity contribution in [1.29, 1.82) is 0 Å². The summed E-state index contributed by atoms with van der Waals surface area (Å²) >= 11 is 3.43. The number of hydrogen-bond acceptors (Lipinski definition) is 3. The molecule has 0 radical (unpaired) electrons. The van der Waals surface area contributed by atoms with Crippen molar-refractivity contribution in [3.63, 3.8) is 0 Å². The molecule has 0 fully saturated rings. The summed E-state index contributed by atoms with van der Waals surface area (Å²) in [4.78, 5) is 0. The summed E-state index contributed by atoms with van der Waals surface area (Å²) in [6.45, 7) is 9.73. The minimum Gasteiger partial charge on any atom is -0.392 e. The number of hydrazone groups is 1. The van der Waals surface area contributed by atoms with Crippen LogP contribution in [-0.4, -0.2) is 36.0 Å². The third kappa shape index (κ3) is 5.33. The molecule has 0 saturated carbocycles. The summed E-state index contributed by atoms with van der Waals surface area (Å²) in [5.41, 5.74) is 1.77. The smallest absolute Gasteiger partial charge is 0.0662 e. The molecule has 0 aromatic heterocycles. The van der Waals surface area contributed by atoms with Gasteiger partial charge in [-0.25, -0.2) is 0 Å². The van der Waals surface area contributed by atoms with Crippen molar-refractivity contribution >= 4 is 22.1 Å². The molecule has 1 aliphatic rings. The van der Waals surface area contributed by atoms with E-state index in [4.69, 9.17) is 0 Å². The molecule has 0 aliphatic carbocycles. The Kier molecular flexibility index (Phi) is 5.65. The van der Waals surface area contributed by atoms with Crippen molar-refractivity contribution in [2.24, 2.45) is 11.0 Å². The van der Waals surface area contributed by atoms with Crippen LogP contribution >= 0.6 is 15.9 Å². The van der Waals surface area contributed by atoms with Gasteiger partial charge in [0.1, 0.15) is 0 Å². The van der Waals surface area contributed by atoms with E-state index in [1.165, 1.54) is 0 Å². The van der Waals surface area contributed by atoms with E-state index in [9.17, 15) is 5.11 Å². The molecular weight excluding hydrogens is 280 g/mol. The van der Waals surface area contributed by atoms with Crippen LogP contribution in [-0.2, 0) is 0 Å². The van der Waals surface area contributed by atoms with Gasteiger partial charge in [0.05, 0.1) is 19.4 Å². The normalized spacial score (nSPS) is 22.4. The molecule has 1 rings (SSSR count). The fourth-order valence-corrected chi connectivity index (χ4v) is 2.17. The maximum Gasteiger partial charge on any atom is 0.0662 e. The third-order valence-corrected chi connectivity index (χ3v) is 2.67. The SMILES string of the molecule is C=C1C=C(Br)/C=C(/CO)CN(CC(C)C)/N=C\1. The lowest BCUT2D eigenvalue weighted by Crippen LogP contribution is -2.25. The second-order valence-electron chi connectivity index (χ2n) is 4.55. The van der Waals surface area contributed by atoms with Crippen molar-refractivity contribution in [2.45, 2.75) is 13.8 Å². The number of aliphatic hydroxyl groups is 1. The average Bonchev–Trinajstić information content (AvgIpc) is 2.28. The number of nitrogens with zero attached hydrogens (tertiary/aromatic N) is 2. The maximum atomic E-state index is 9.32. The highest BCUT2D eigenvalue weighted by atomic mass is 79.9. The van der Waals surface area contributed by atoms with Gasteiger partial charge in [-0.05, 0) is 29.2 Å². The van der Waals surface area contributed by atoms with E-state index in [1.807, 2.05) is 17.2 Å². The largest absolute Gasteiger partial charge is 0.392 e. The number of aliphatic hydroxyl groups excluding tert-OH is 1. The van der Waals surface area contributed by atoms with Crippen LogP contribution in [0.2, 0.25) is 0 Å². The Labute approximate surface area is 111 Å². The highest BCUT2D eigenvalue weighted by Gasteiger charge is 2.08. The van der Waals surface area contributed by atoms with Gasteiger partial charge in [-0.1, -0.05) is 36.4 Å². The number of rotatable bonds is 3. The summed E-state index contributed by atoms with van der Waals surface area (Å²) in [5, 5.41) is 15.7. The van der Waals surface area contributed by atoms with Crippen LogP contribution < -0.4 is 0 Å². The Morgan fingerprint density at radius 2 is 2.24 bits per heavy atom. The lowest BCUT2D eigenvalue weighted by molar-refractivity contribution is 0.255. The van der Waals surface area contributed by atoms with E-state index in [0.717, 1.165) is 22.2 Å². The molecule has 0 spiro atoms. The van der Waals surface area contributed by atoms with E-state index >= 15 is 0 Å². The zero-order valence-corrected chi connectivity index (χ0v) is 11.9. The summed E-state index contributed by atoms with van der Waals surface area (Å²) in [5.74, 6) is 0.525. The van der Waals surface area contributed by atoms with Crippen molar-refractivity contribution in [3.05, 3.63) is 34.4 Å². The van der Waals surface area contributed by atoms with Crippen LogP contribution in [0.3, 0.4) is 0 Å². The molecule has 0 bridgehead atoms. The molecule has 0 amide bonds. The first-order chi connectivity index (χ1) is 8.01. The van der Waals surface area contributed by atoms with Crippen molar-refractivity contribution in [1.82, 2.24) is 5.01 Å². The van der Waals surface area contributed by atoms with E-state index in [1.54, 1.807) is 6.21 Å². The Bertz CT molecular complexity index is 370. The van der Waals surface area contributed by atoms with Crippen molar-refractivity contribution in [3.8, 4) is 0 Å². The van der Waals surface area contributed by atoms with Gasteiger partial charge in [0.15, 0.2) is 0 Å². The van der Waals surface area contributed by atoms with Crippen LogP contribution in [0.4, 0.5) is 0 Å². The maximum absolute atomic E-state index is 9.32. The quantitative estimate of drug-likeness (QED) is 0.870. The second-order valence-corrected chi connectivity index (χ2v) is 5.47. The van der Waals surface area contributed by atoms with Gasteiger partial charge >= 0.3 is 0 Å². The summed E-state index contributed by atoms with van der Waals surface area (Å²) in [6.07, 6.45) is 5.56. The van der Waals surface area contributed by atoms with Gasteiger partial charge in [0, 0.05) is 11.0 Å². The second kappa shape index (κ2) is 6.77. The van der Waals surface area contributed by atoms with Crippen LogP contribution in [0, 0.1) is 5.92 Å². The summed E-state index contributed by atoms with van der Waals surface area (Å²) in [7, 11) is 0. The summed E-state index contributed by atoms with van der Waals surface area (Å²) in [6, 6.07) is 0. The Hall–Kier alpha value is -0.870.